The van der Waals surface area contributed by atoms with Crippen molar-refractivity contribution in [2.75, 3.05) is 13.1 Å². The molecule has 6 nitrogen and oxygen atoms in total. The number of H-pyrrole nitrogens is 1. The van der Waals surface area contributed by atoms with Gasteiger partial charge in [-0.05, 0) is 37.3 Å². The Bertz CT molecular complexity index is 909. The number of nitrogens with zero attached hydrogens (tertiary/aromatic N) is 4. The number of fused-ring (bicyclic) bond motifs is 3. The van der Waals surface area contributed by atoms with E-state index < -0.39 is 0 Å². The molecule has 3 aromatic rings. The molecule has 1 unspecified atom stereocenters. The Labute approximate surface area is 145 Å². The number of piperidine rings is 1. The minimum atomic E-state index is 0.0779. The minimum absolute atomic E-state index is 0.0779. The van der Waals surface area contributed by atoms with Gasteiger partial charge in [0.2, 0.25) is 5.91 Å². The monoisotopic (exact) mass is 335 g/mol. The van der Waals surface area contributed by atoms with E-state index in [-0.39, 0.29) is 11.3 Å². The van der Waals surface area contributed by atoms with E-state index in [4.69, 9.17) is 0 Å². The second-order valence-electron chi connectivity index (χ2n) is 7.35. The van der Waals surface area contributed by atoms with Gasteiger partial charge in [0.05, 0.1) is 11.7 Å². The summed E-state index contributed by atoms with van der Waals surface area (Å²) < 4.78 is 1.77. The highest BCUT2D eigenvalue weighted by molar-refractivity contribution is 5.80. The van der Waals surface area contributed by atoms with Crippen molar-refractivity contribution in [2.45, 2.75) is 37.6 Å². The third-order valence-corrected chi connectivity index (χ3v) is 5.81. The van der Waals surface area contributed by atoms with E-state index in [1.165, 1.54) is 11.3 Å². The summed E-state index contributed by atoms with van der Waals surface area (Å²) in [6.07, 6.45) is 8.27. The van der Waals surface area contributed by atoms with Crippen LogP contribution < -0.4 is 0 Å². The van der Waals surface area contributed by atoms with Crippen LogP contribution in [0.15, 0.2) is 36.7 Å². The van der Waals surface area contributed by atoms with Gasteiger partial charge in [-0.25, -0.2) is 0 Å². The van der Waals surface area contributed by atoms with Crippen molar-refractivity contribution in [3.63, 3.8) is 0 Å². The quantitative estimate of drug-likeness (QED) is 0.781. The van der Waals surface area contributed by atoms with E-state index in [2.05, 4.69) is 15.3 Å². The molecule has 2 aliphatic rings. The molecule has 1 atom stereocenters. The Morgan fingerprint density at radius 1 is 1.28 bits per heavy atom. The SMILES string of the molecule is O=C(Cn1cc2ccccc2n1)N1CCCC2(CCc3cn[nH]c32)C1. The van der Waals surface area contributed by atoms with Gasteiger partial charge in [0.1, 0.15) is 6.54 Å². The molecule has 3 heterocycles. The predicted molar refractivity (Wildman–Crippen MR) is 94.1 cm³/mol. The fraction of sp³-hybridized carbons (Fsp3) is 0.421. The molecule has 0 saturated carbocycles. The molecule has 25 heavy (non-hydrogen) atoms. The molecular weight excluding hydrogens is 314 g/mol. The zero-order valence-electron chi connectivity index (χ0n) is 14.1. The number of carbonyl (C=O) groups excluding carboxylic acids is 1. The molecular formula is C19H21N5O. The first-order valence-electron chi connectivity index (χ1n) is 8.96. The smallest absolute Gasteiger partial charge is 0.244 e. The van der Waals surface area contributed by atoms with Gasteiger partial charge in [0.25, 0.3) is 0 Å². The topological polar surface area (TPSA) is 66.8 Å². The van der Waals surface area contributed by atoms with Crippen LogP contribution in [-0.2, 0) is 23.2 Å². The van der Waals surface area contributed by atoms with Gasteiger partial charge in [0, 0.05) is 35.8 Å². The normalized spacial score (nSPS) is 22.6. The average Bonchev–Trinajstić information content (AvgIpc) is 3.32. The summed E-state index contributed by atoms with van der Waals surface area (Å²) in [6.45, 7) is 1.94. The van der Waals surface area contributed by atoms with Crippen LogP contribution in [0.3, 0.4) is 0 Å². The lowest BCUT2D eigenvalue weighted by molar-refractivity contribution is -0.134. The molecule has 1 spiro atoms. The number of likely N-dealkylation sites (tertiary alicyclic amines) is 1. The molecule has 1 aliphatic carbocycles. The highest BCUT2D eigenvalue weighted by atomic mass is 16.2. The Kier molecular flexibility index (Phi) is 3.20. The second kappa shape index (κ2) is 5.44. The van der Waals surface area contributed by atoms with Crippen LogP contribution >= 0.6 is 0 Å². The number of rotatable bonds is 2. The summed E-state index contributed by atoms with van der Waals surface area (Å²) in [5, 5.41) is 13.0. The molecule has 1 N–H and O–H groups in total. The van der Waals surface area contributed by atoms with E-state index in [1.807, 2.05) is 41.6 Å². The van der Waals surface area contributed by atoms with Crippen molar-refractivity contribution in [3.8, 4) is 0 Å². The van der Waals surface area contributed by atoms with Crippen LogP contribution in [0, 0.1) is 0 Å². The molecule has 1 fully saturated rings. The lowest BCUT2D eigenvalue weighted by Crippen LogP contribution is -2.48. The Hall–Kier alpha value is -2.63. The van der Waals surface area contributed by atoms with Crippen LogP contribution in [0.2, 0.25) is 0 Å². The molecule has 1 aromatic carbocycles. The Morgan fingerprint density at radius 2 is 2.20 bits per heavy atom. The van der Waals surface area contributed by atoms with E-state index >= 15 is 0 Å². The number of hydrogen-bond acceptors (Lipinski definition) is 3. The lowest BCUT2D eigenvalue weighted by atomic mass is 9.77. The van der Waals surface area contributed by atoms with E-state index in [0.29, 0.717) is 6.54 Å². The third-order valence-electron chi connectivity index (χ3n) is 5.81. The van der Waals surface area contributed by atoms with Gasteiger partial charge < -0.3 is 4.90 Å². The number of nitrogens with one attached hydrogen (secondary N) is 1. The van der Waals surface area contributed by atoms with Gasteiger partial charge in [-0.1, -0.05) is 18.2 Å². The fourth-order valence-electron chi connectivity index (χ4n) is 4.55. The van der Waals surface area contributed by atoms with Crippen molar-refractivity contribution in [1.29, 1.82) is 0 Å². The molecule has 128 valence electrons. The zero-order chi connectivity index (χ0) is 16.9. The molecule has 6 heteroatoms. The lowest BCUT2D eigenvalue weighted by Gasteiger charge is -2.40. The molecule has 1 saturated heterocycles. The predicted octanol–water partition coefficient (Wildman–Crippen LogP) is 2.27. The zero-order valence-corrected chi connectivity index (χ0v) is 14.1. The van der Waals surface area contributed by atoms with Crippen molar-refractivity contribution in [3.05, 3.63) is 47.9 Å². The number of hydrogen-bond donors (Lipinski definition) is 1. The van der Waals surface area contributed by atoms with Crippen molar-refractivity contribution < 1.29 is 4.79 Å². The van der Waals surface area contributed by atoms with Crippen LogP contribution in [0.5, 0.6) is 0 Å². The highest BCUT2D eigenvalue weighted by Gasteiger charge is 2.44. The number of benzene rings is 1. The number of amides is 1. The fourth-order valence-corrected chi connectivity index (χ4v) is 4.55. The van der Waals surface area contributed by atoms with Crippen molar-refractivity contribution >= 4 is 16.8 Å². The summed E-state index contributed by atoms with van der Waals surface area (Å²) in [6, 6.07) is 7.96. The van der Waals surface area contributed by atoms with Gasteiger partial charge in [-0.15, -0.1) is 0 Å². The van der Waals surface area contributed by atoms with Gasteiger partial charge >= 0.3 is 0 Å². The first kappa shape index (κ1) is 14.7. The molecule has 1 amide bonds. The van der Waals surface area contributed by atoms with Crippen molar-refractivity contribution in [1.82, 2.24) is 24.9 Å². The summed E-state index contributed by atoms with van der Waals surface area (Å²) in [5.74, 6) is 0.153. The number of carbonyl (C=O) groups is 1. The van der Waals surface area contributed by atoms with E-state index in [9.17, 15) is 4.79 Å². The summed E-state index contributed by atoms with van der Waals surface area (Å²) in [7, 11) is 0. The maximum absolute atomic E-state index is 12.9. The molecule has 5 rings (SSSR count). The first-order valence-corrected chi connectivity index (χ1v) is 8.96. The number of aryl methyl sites for hydroxylation is 1. The largest absolute Gasteiger partial charge is 0.340 e. The van der Waals surface area contributed by atoms with Crippen LogP contribution in [0.25, 0.3) is 10.9 Å². The summed E-state index contributed by atoms with van der Waals surface area (Å²) in [5.41, 5.74) is 3.60. The van der Waals surface area contributed by atoms with Gasteiger partial charge in [-0.2, -0.15) is 10.2 Å². The van der Waals surface area contributed by atoms with Crippen LogP contribution in [-0.4, -0.2) is 43.9 Å². The second-order valence-corrected chi connectivity index (χ2v) is 7.35. The average molecular weight is 335 g/mol. The highest BCUT2D eigenvalue weighted by Crippen LogP contribution is 2.43. The standard InChI is InChI=1S/C19H21N5O/c25-17(12-24-11-15-4-1-2-5-16(15)22-24)23-9-3-7-19(13-23)8-6-14-10-20-21-18(14)19/h1-2,4-5,10-11H,3,6-9,12-13H2,(H,20,21). The Balaban J connectivity index is 1.35. The molecule has 2 aromatic heterocycles. The van der Waals surface area contributed by atoms with E-state index in [1.54, 1.807) is 4.68 Å². The molecule has 0 radical (unpaired) electrons. The van der Waals surface area contributed by atoms with E-state index in [0.717, 1.165) is 49.7 Å². The Morgan fingerprint density at radius 3 is 3.12 bits per heavy atom. The molecule has 1 aliphatic heterocycles. The minimum Gasteiger partial charge on any atom is -0.340 e. The van der Waals surface area contributed by atoms with Crippen LogP contribution in [0.1, 0.15) is 30.5 Å². The third kappa shape index (κ3) is 2.35. The number of aromatic nitrogens is 4. The van der Waals surface area contributed by atoms with Crippen LogP contribution in [0.4, 0.5) is 0 Å². The van der Waals surface area contributed by atoms with Gasteiger partial charge in [0.15, 0.2) is 0 Å². The number of aromatic amines is 1. The summed E-state index contributed by atoms with van der Waals surface area (Å²) in [4.78, 5) is 14.9. The van der Waals surface area contributed by atoms with Crippen molar-refractivity contribution in [2.24, 2.45) is 0 Å². The van der Waals surface area contributed by atoms with Gasteiger partial charge in [-0.3, -0.25) is 14.6 Å². The maximum atomic E-state index is 12.9. The summed E-state index contributed by atoms with van der Waals surface area (Å²) >= 11 is 0. The maximum Gasteiger partial charge on any atom is 0.244 e. The molecule has 0 bridgehead atoms. The first-order chi connectivity index (χ1) is 12.2.